The van der Waals surface area contributed by atoms with Crippen molar-refractivity contribution < 1.29 is 28.6 Å². The molecule has 6 aliphatic rings. The van der Waals surface area contributed by atoms with Gasteiger partial charge in [0.25, 0.3) is 0 Å². The van der Waals surface area contributed by atoms with Crippen LogP contribution in [0.25, 0.3) is 0 Å². The Morgan fingerprint density at radius 2 is 1.43 bits per heavy atom. The molecule has 0 aliphatic heterocycles. The maximum Gasteiger partial charge on any atom is 0.344 e. The molecule has 6 aliphatic carbocycles. The van der Waals surface area contributed by atoms with Crippen LogP contribution < -0.4 is 0 Å². The average Bonchev–Trinajstić information content (AvgIpc) is 3.56. The molecule has 0 amide bonds. The molecule has 11 atom stereocenters. The molecule has 6 bridgehead atoms. The van der Waals surface area contributed by atoms with Gasteiger partial charge in [0, 0.05) is 0 Å². The largest absolute Gasteiger partial charge is 0.466 e. The third-order valence-corrected chi connectivity index (χ3v) is 9.93. The molecule has 0 aromatic rings. The van der Waals surface area contributed by atoms with Crippen molar-refractivity contribution in [2.45, 2.75) is 57.5 Å². The lowest BCUT2D eigenvalue weighted by Crippen LogP contribution is -2.46. The van der Waals surface area contributed by atoms with Crippen molar-refractivity contribution in [3.8, 4) is 0 Å². The zero-order valence-electron chi connectivity index (χ0n) is 17.7. The number of carbonyl (C=O) groups excluding carboxylic acids is 3. The number of carbonyl (C=O) groups is 3. The Bertz CT molecular complexity index is 763. The van der Waals surface area contributed by atoms with Crippen molar-refractivity contribution in [3.63, 3.8) is 0 Å². The second-order valence-electron chi connectivity index (χ2n) is 10.9. The van der Waals surface area contributed by atoms with Crippen LogP contribution in [0.3, 0.4) is 0 Å². The van der Waals surface area contributed by atoms with Gasteiger partial charge in [-0.3, -0.25) is 9.59 Å². The topological polar surface area (TPSA) is 78.9 Å². The number of rotatable bonds is 5. The minimum Gasteiger partial charge on any atom is -0.466 e. The Labute approximate surface area is 177 Å². The first kappa shape index (κ1) is 19.1. The van der Waals surface area contributed by atoms with Gasteiger partial charge in [-0.05, 0) is 98.7 Å². The molecule has 6 nitrogen and oxygen atoms in total. The number of methoxy groups -OCH3 is 1. The monoisotopic (exact) mass is 416 g/mol. The van der Waals surface area contributed by atoms with Crippen molar-refractivity contribution in [1.82, 2.24) is 0 Å². The van der Waals surface area contributed by atoms with Crippen LogP contribution >= 0.6 is 0 Å². The molecule has 6 fully saturated rings. The Kier molecular flexibility index (Phi) is 4.44. The Hall–Kier alpha value is -1.59. The summed E-state index contributed by atoms with van der Waals surface area (Å²) in [7, 11) is 1.28. The Morgan fingerprint density at radius 1 is 0.767 bits per heavy atom. The molecular formula is C24H32O6. The summed E-state index contributed by atoms with van der Waals surface area (Å²) in [4.78, 5) is 38.0. The van der Waals surface area contributed by atoms with Gasteiger partial charge in [0.1, 0.15) is 6.10 Å². The molecule has 164 valence electrons. The second kappa shape index (κ2) is 6.96. The van der Waals surface area contributed by atoms with Crippen LogP contribution in [0.4, 0.5) is 0 Å². The Balaban J connectivity index is 1.23. The van der Waals surface area contributed by atoms with Crippen LogP contribution in [0.2, 0.25) is 0 Å². The van der Waals surface area contributed by atoms with E-state index in [1.165, 1.54) is 45.6 Å². The number of hydrogen-bond acceptors (Lipinski definition) is 6. The molecule has 0 aromatic carbocycles. The van der Waals surface area contributed by atoms with Crippen molar-refractivity contribution in [3.05, 3.63) is 0 Å². The normalized spacial score (nSPS) is 49.3. The van der Waals surface area contributed by atoms with E-state index in [0.717, 1.165) is 18.8 Å². The summed E-state index contributed by atoms with van der Waals surface area (Å²) >= 11 is 0. The van der Waals surface area contributed by atoms with E-state index >= 15 is 0 Å². The zero-order valence-corrected chi connectivity index (χ0v) is 17.7. The molecule has 0 aromatic heterocycles. The van der Waals surface area contributed by atoms with Crippen LogP contribution in [-0.4, -0.2) is 37.7 Å². The van der Waals surface area contributed by atoms with Crippen LogP contribution in [0.5, 0.6) is 0 Å². The van der Waals surface area contributed by atoms with E-state index in [1.807, 2.05) is 0 Å². The van der Waals surface area contributed by atoms with E-state index < -0.39 is 17.9 Å². The van der Waals surface area contributed by atoms with Crippen LogP contribution in [0.1, 0.15) is 51.4 Å². The average molecular weight is 417 g/mol. The Morgan fingerprint density at radius 3 is 2.03 bits per heavy atom. The summed E-state index contributed by atoms with van der Waals surface area (Å²) in [6.45, 7) is -0.377. The predicted octanol–water partition coefficient (Wildman–Crippen LogP) is 2.98. The van der Waals surface area contributed by atoms with E-state index in [1.54, 1.807) is 0 Å². The fourth-order valence-corrected chi connectivity index (χ4v) is 9.07. The van der Waals surface area contributed by atoms with Gasteiger partial charge >= 0.3 is 17.9 Å². The molecule has 6 saturated carbocycles. The van der Waals surface area contributed by atoms with Gasteiger partial charge in [0.05, 0.1) is 18.9 Å². The highest BCUT2D eigenvalue weighted by Gasteiger charge is 2.69. The highest BCUT2D eigenvalue weighted by molar-refractivity contribution is 5.85. The number of ether oxygens (including phenoxy) is 3. The first-order chi connectivity index (χ1) is 14.5. The van der Waals surface area contributed by atoms with Crippen molar-refractivity contribution in [2.75, 3.05) is 13.7 Å². The maximum absolute atomic E-state index is 13.4. The molecule has 0 spiro atoms. The smallest absolute Gasteiger partial charge is 0.344 e. The van der Waals surface area contributed by atoms with Crippen LogP contribution in [0, 0.1) is 59.2 Å². The van der Waals surface area contributed by atoms with Gasteiger partial charge in [-0.15, -0.1) is 0 Å². The molecule has 0 heterocycles. The highest BCUT2D eigenvalue weighted by atomic mass is 16.6. The van der Waals surface area contributed by atoms with Gasteiger partial charge in [0.15, 0.2) is 6.61 Å². The highest BCUT2D eigenvalue weighted by Crippen LogP contribution is 2.70. The lowest BCUT2D eigenvalue weighted by molar-refractivity contribution is -0.173. The number of hydrogen-bond donors (Lipinski definition) is 0. The van der Waals surface area contributed by atoms with Gasteiger partial charge in [-0.25, -0.2) is 4.79 Å². The van der Waals surface area contributed by atoms with E-state index in [2.05, 4.69) is 4.74 Å². The van der Waals surface area contributed by atoms with Crippen LogP contribution in [0.15, 0.2) is 0 Å². The fourth-order valence-electron chi connectivity index (χ4n) is 9.07. The van der Waals surface area contributed by atoms with Gasteiger partial charge < -0.3 is 14.2 Å². The molecular weight excluding hydrogens is 384 g/mol. The fraction of sp³-hybridized carbons (Fsp3) is 0.875. The molecule has 0 N–H and O–H groups in total. The summed E-state index contributed by atoms with van der Waals surface area (Å²) < 4.78 is 16.1. The third-order valence-electron chi connectivity index (χ3n) is 9.93. The zero-order chi connectivity index (χ0) is 20.6. The SMILES string of the molecule is COC(=O)COC(=O)C1C2CC(C1C(=O)OC1CC3CCC1C3)C1C3CCC(C3)C21. The predicted molar refractivity (Wildman–Crippen MR) is 105 cm³/mol. The molecule has 0 radical (unpaired) electrons. The lowest BCUT2D eigenvalue weighted by atomic mass is 9.63. The number of fused-ring (bicyclic) bond motifs is 11. The molecule has 6 rings (SSSR count). The quantitative estimate of drug-likeness (QED) is 0.389. The molecule has 6 heteroatoms. The van der Waals surface area contributed by atoms with Crippen molar-refractivity contribution in [2.24, 2.45) is 59.2 Å². The van der Waals surface area contributed by atoms with E-state index in [-0.39, 0.29) is 36.4 Å². The van der Waals surface area contributed by atoms with E-state index in [4.69, 9.17) is 9.47 Å². The minimum absolute atomic E-state index is 0.0398. The van der Waals surface area contributed by atoms with Crippen molar-refractivity contribution >= 4 is 17.9 Å². The second-order valence-corrected chi connectivity index (χ2v) is 10.9. The molecule has 0 saturated heterocycles. The van der Waals surface area contributed by atoms with E-state index in [9.17, 15) is 14.4 Å². The first-order valence-electron chi connectivity index (χ1n) is 12.0. The van der Waals surface area contributed by atoms with Crippen molar-refractivity contribution in [1.29, 1.82) is 0 Å². The van der Waals surface area contributed by atoms with E-state index in [0.29, 0.717) is 29.6 Å². The maximum atomic E-state index is 13.4. The summed E-state index contributed by atoms with van der Waals surface area (Å²) in [5.74, 6) is 2.26. The summed E-state index contributed by atoms with van der Waals surface area (Å²) in [6, 6.07) is 0. The summed E-state index contributed by atoms with van der Waals surface area (Å²) in [5, 5.41) is 0. The lowest BCUT2D eigenvalue weighted by Gasteiger charge is -2.41. The van der Waals surface area contributed by atoms with Gasteiger partial charge in [0.2, 0.25) is 0 Å². The summed E-state index contributed by atoms with van der Waals surface area (Å²) in [6.07, 6.45) is 9.40. The molecule has 11 unspecified atom stereocenters. The van der Waals surface area contributed by atoms with Gasteiger partial charge in [-0.1, -0.05) is 0 Å². The molecule has 30 heavy (non-hydrogen) atoms. The van der Waals surface area contributed by atoms with Crippen LogP contribution in [-0.2, 0) is 28.6 Å². The minimum atomic E-state index is -0.564. The number of esters is 3. The summed E-state index contributed by atoms with van der Waals surface area (Å²) in [5.41, 5.74) is 0. The standard InChI is InChI=1S/C24H32O6/c1-28-18(25)10-29-23(26)21-15-9-16(20-14-5-4-13(8-14)19(15)20)22(21)24(27)30-17-7-11-2-3-12(17)6-11/h11-17,19-22H,2-10H2,1H3. The van der Waals surface area contributed by atoms with Gasteiger partial charge in [-0.2, -0.15) is 0 Å². The first-order valence-corrected chi connectivity index (χ1v) is 12.0. The third kappa shape index (κ3) is 2.70.